The zero-order valence-electron chi connectivity index (χ0n) is 3.09. The van der Waals surface area contributed by atoms with E-state index in [1.807, 2.05) is 0 Å². The van der Waals surface area contributed by atoms with E-state index in [0.717, 1.165) is 0 Å². The summed E-state index contributed by atoms with van der Waals surface area (Å²) in [5.41, 5.74) is 0. The highest BCUT2D eigenvalue weighted by Gasteiger charge is 1.98. The molecule has 40 valence electrons. The first-order valence-corrected chi connectivity index (χ1v) is 3.38. The van der Waals surface area contributed by atoms with Crippen LogP contribution in [0.3, 0.4) is 0 Å². The molecule has 0 aliphatic heterocycles. The van der Waals surface area contributed by atoms with Gasteiger partial charge in [0.2, 0.25) is 0 Å². The first-order valence-electron chi connectivity index (χ1n) is 1.15. The minimum atomic E-state index is -3.94. The van der Waals surface area contributed by atoms with Gasteiger partial charge in [0.25, 0.3) is 0 Å². The molecular formula is C2HClO3S. The lowest BCUT2D eigenvalue weighted by Crippen LogP contribution is -1.87. The van der Waals surface area contributed by atoms with Crippen molar-refractivity contribution in [2.45, 2.75) is 0 Å². The Balaban J connectivity index is 3.92. The van der Waals surface area contributed by atoms with Crippen molar-refractivity contribution in [2.24, 2.45) is 0 Å². The van der Waals surface area contributed by atoms with E-state index in [1.54, 1.807) is 0 Å². The molecule has 0 unspecified atom stereocenters. The van der Waals surface area contributed by atoms with Crippen LogP contribution in [-0.4, -0.2) is 8.42 Å². The molecule has 0 rings (SSSR count). The van der Waals surface area contributed by atoms with Gasteiger partial charge in [0.1, 0.15) is 6.11 Å². The summed E-state index contributed by atoms with van der Waals surface area (Å²) in [5, 5.41) is 0. The van der Waals surface area contributed by atoms with Gasteiger partial charge >= 0.3 is 9.33 Å². The fourth-order valence-electron chi connectivity index (χ4n) is 0.0575. The van der Waals surface area contributed by atoms with Gasteiger partial charge in [0.05, 0.1) is 10.7 Å². The van der Waals surface area contributed by atoms with Gasteiger partial charge in [-0.2, -0.15) is 8.42 Å². The molecule has 0 amide bonds. The van der Waals surface area contributed by atoms with Crippen LogP contribution in [0, 0.1) is 12.5 Å². The summed E-state index contributed by atoms with van der Waals surface area (Å²) in [6.07, 6.45) is 5.77. The van der Waals surface area contributed by atoms with E-state index in [4.69, 9.17) is 0 Å². The first-order chi connectivity index (χ1) is 3.06. The van der Waals surface area contributed by atoms with Crippen molar-refractivity contribution in [1.82, 2.24) is 0 Å². The monoisotopic (exact) mass is 140 g/mol. The lowest BCUT2D eigenvalue weighted by atomic mass is 11.3. The molecule has 0 aromatic rings. The van der Waals surface area contributed by atoms with Gasteiger partial charge in [-0.1, -0.05) is 6.42 Å². The molecule has 0 heterocycles. The van der Waals surface area contributed by atoms with E-state index in [2.05, 4.69) is 21.3 Å². The summed E-state index contributed by atoms with van der Waals surface area (Å²) >= 11 is 0. The molecule has 0 aromatic heterocycles. The van der Waals surface area contributed by atoms with Crippen molar-refractivity contribution in [3.05, 3.63) is 0 Å². The van der Waals surface area contributed by atoms with Crippen LogP contribution < -0.4 is 0 Å². The molecule has 0 saturated carbocycles. The van der Waals surface area contributed by atoms with E-state index in [1.165, 1.54) is 6.11 Å². The number of halogens is 1. The van der Waals surface area contributed by atoms with Gasteiger partial charge in [0.15, 0.2) is 0 Å². The minimum absolute atomic E-state index is 1.39. The standard InChI is InChI=1S/C2HClO3S/c1-2-6-7(3,4)5/h1H. The van der Waals surface area contributed by atoms with Crippen molar-refractivity contribution < 1.29 is 12.6 Å². The van der Waals surface area contributed by atoms with Gasteiger partial charge in [-0.25, -0.2) is 0 Å². The van der Waals surface area contributed by atoms with Gasteiger partial charge in [-0.3, -0.25) is 0 Å². The normalized spacial score (nSPS) is 9.71. The van der Waals surface area contributed by atoms with Crippen LogP contribution in [0.15, 0.2) is 0 Å². The van der Waals surface area contributed by atoms with Crippen LogP contribution in [0.25, 0.3) is 0 Å². The molecular weight excluding hydrogens is 140 g/mol. The molecule has 0 N–H and O–H groups in total. The second kappa shape index (κ2) is 2.05. The Bertz CT molecular complexity index is 174. The highest BCUT2D eigenvalue weighted by molar-refractivity contribution is 8.10. The quantitative estimate of drug-likeness (QED) is 0.383. The van der Waals surface area contributed by atoms with Crippen molar-refractivity contribution >= 4 is 20.0 Å². The lowest BCUT2D eigenvalue weighted by Gasteiger charge is -1.81. The van der Waals surface area contributed by atoms with E-state index < -0.39 is 9.33 Å². The van der Waals surface area contributed by atoms with Crippen molar-refractivity contribution in [2.75, 3.05) is 0 Å². The van der Waals surface area contributed by atoms with E-state index in [0.29, 0.717) is 0 Å². The van der Waals surface area contributed by atoms with Crippen LogP contribution in [0.2, 0.25) is 0 Å². The summed E-state index contributed by atoms with van der Waals surface area (Å²) in [7, 11) is 0.503. The highest BCUT2D eigenvalue weighted by atomic mass is 35.7. The minimum Gasteiger partial charge on any atom is -0.316 e. The number of hydrogen-bond donors (Lipinski definition) is 0. The second-order valence-corrected chi connectivity index (χ2v) is 2.68. The van der Waals surface area contributed by atoms with E-state index in [-0.39, 0.29) is 0 Å². The largest absolute Gasteiger partial charge is 0.409 e. The summed E-state index contributed by atoms with van der Waals surface area (Å²) in [6, 6.07) is 0. The third-order valence-corrected chi connectivity index (χ3v) is 0.632. The third-order valence-electron chi connectivity index (χ3n) is 0.148. The first kappa shape index (κ1) is 6.60. The Kier molecular flexibility index (Phi) is 1.93. The van der Waals surface area contributed by atoms with Crippen molar-refractivity contribution in [3.8, 4) is 12.5 Å². The Morgan fingerprint density at radius 2 is 2.14 bits per heavy atom. The van der Waals surface area contributed by atoms with Crippen LogP contribution in [0.4, 0.5) is 0 Å². The maximum atomic E-state index is 9.63. The second-order valence-electron chi connectivity index (χ2n) is 0.594. The van der Waals surface area contributed by atoms with E-state index in [9.17, 15) is 8.42 Å². The molecule has 0 aliphatic rings. The molecule has 0 atom stereocenters. The molecule has 5 heteroatoms. The Morgan fingerprint density at radius 1 is 1.71 bits per heavy atom. The van der Waals surface area contributed by atoms with Gasteiger partial charge in [0, 0.05) is 0 Å². The smallest absolute Gasteiger partial charge is 0.316 e. The molecule has 3 nitrogen and oxygen atoms in total. The van der Waals surface area contributed by atoms with Crippen LogP contribution >= 0.6 is 10.7 Å². The number of terminal acetylenes is 1. The number of hydrogen-bond acceptors (Lipinski definition) is 3. The maximum Gasteiger partial charge on any atom is 0.409 e. The lowest BCUT2D eigenvalue weighted by molar-refractivity contribution is 0.483. The zero-order chi connectivity index (χ0) is 5.91. The van der Waals surface area contributed by atoms with Gasteiger partial charge in [-0.05, 0) is 0 Å². The fourth-order valence-corrected chi connectivity index (χ4v) is 0.282. The summed E-state index contributed by atoms with van der Waals surface area (Å²) < 4.78 is 22.8. The molecule has 7 heavy (non-hydrogen) atoms. The van der Waals surface area contributed by atoms with Crippen molar-refractivity contribution in [3.63, 3.8) is 0 Å². The average molecular weight is 141 g/mol. The van der Waals surface area contributed by atoms with Gasteiger partial charge in [-0.15, -0.1) is 0 Å². The predicted octanol–water partition coefficient (Wildman–Crippen LogP) is 0.0773. The Labute approximate surface area is 45.9 Å². The molecule has 0 fully saturated rings. The molecule has 0 radical (unpaired) electrons. The fraction of sp³-hybridized carbons (Fsp3) is 0. The third kappa shape index (κ3) is 5.60. The Morgan fingerprint density at radius 3 is 2.14 bits per heavy atom. The summed E-state index contributed by atoms with van der Waals surface area (Å²) in [4.78, 5) is 0. The van der Waals surface area contributed by atoms with Gasteiger partial charge < -0.3 is 4.18 Å². The van der Waals surface area contributed by atoms with Crippen LogP contribution in [0.5, 0.6) is 0 Å². The Hall–Kier alpha value is -0.400. The average Bonchev–Trinajstić information content (AvgIpc) is 1.30. The van der Waals surface area contributed by atoms with E-state index >= 15 is 0 Å². The SMILES string of the molecule is C#COS(=O)(=O)Cl. The number of rotatable bonds is 1. The van der Waals surface area contributed by atoms with Crippen molar-refractivity contribution in [1.29, 1.82) is 0 Å². The summed E-state index contributed by atoms with van der Waals surface area (Å²) in [5.74, 6) is 0. The predicted molar refractivity (Wildman–Crippen MR) is 24.7 cm³/mol. The summed E-state index contributed by atoms with van der Waals surface area (Å²) in [6.45, 7) is 0. The highest BCUT2D eigenvalue weighted by Crippen LogP contribution is 1.94. The van der Waals surface area contributed by atoms with Crippen LogP contribution in [-0.2, 0) is 13.5 Å². The zero-order valence-corrected chi connectivity index (χ0v) is 4.66. The molecule has 0 saturated heterocycles. The maximum absolute atomic E-state index is 9.63. The molecule has 0 aliphatic carbocycles. The molecule has 0 aromatic carbocycles. The molecule has 0 spiro atoms. The topological polar surface area (TPSA) is 43.4 Å². The van der Waals surface area contributed by atoms with Crippen LogP contribution in [0.1, 0.15) is 0 Å². The molecule has 0 bridgehead atoms.